The minimum Gasteiger partial charge on any atom is -0.248 e. The van der Waals surface area contributed by atoms with Gasteiger partial charge in [-0.1, -0.05) is 101 Å². The number of fused-ring (bicyclic) bond motifs is 4. The molecule has 0 amide bonds. The molecule has 0 saturated heterocycles. The van der Waals surface area contributed by atoms with E-state index in [2.05, 4.69) is 67.6 Å². The molecule has 156 valence electrons. The quantitative estimate of drug-likeness (QED) is 0.140. The molecule has 0 radical (unpaired) electrons. The molecule has 3 aromatic carbocycles. The lowest BCUT2D eigenvalue weighted by molar-refractivity contribution is 0.556. The fraction of sp³-hybridized carbons (Fsp3) is 0.414. The summed E-state index contributed by atoms with van der Waals surface area (Å²) >= 11 is 0. The number of nitrogens with zero attached hydrogens (tertiary/aromatic N) is 1. The number of benzene rings is 3. The second kappa shape index (κ2) is 10.6. The summed E-state index contributed by atoms with van der Waals surface area (Å²) in [7, 11) is 0. The molecule has 0 aliphatic carbocycles. The van der Waals surface area contributed by atoms with Crippen molar-refractivity contribution in [2.45, 2.75) is 77.6 Å². The average molecular weight is 398 g/mol. The van der Waals surface area contributed by atoms with Gasteiger partial charge >= 0.3 is 0 Å². The van der Waals surface area contributed by atoms with Gasteiger partial charge in [0.1, 0.15) is 0 Å². The van der Waals surface area contributed by atoms with E-state index in [-0.39, 0.29) is 0 Å². The first kappa shape index (κ1) is 20.8. The molecule has 0 N–H and O–H groups in total. The Labute approximate surface area is 181 Å². The van der Waals surface area contributed by atoms with Crippen LogP contribution in [-0.4, -0.2) is 4.98 Å². The molecule has 0 saturated carbocycles. The Bertz CT molecular complexity index is 1100. The Kier molecular flexibility index (Phi) is 7.34. The van der Waals surface area contributed by atoms with Gasteiger partial charge in [-0.3, -0.25) is 0 Å². The first-order valence-electron chi connectivity index (χ1n) is 12.1. The van der Waals surface area contributed by atoms with Gasteiger partial charge in [-0.25, -0.2) is 4.98 Å². The third-order valence-corrected chi connectivity index (χ3v) is 6.40. The fourth-order valence-corrected chi connectivity index (χ4v) is 4.61. The summed E-state index contributed by atoms with van der Waals surface area (Å²) in [5.74, 6) is 0. The van der Waals surface area contributed by atoms with Crippen molar-refractivity contribution >= 4 is 32.6 Å². The number of hydrogen-bond donors (Lipinski definition) is 0. The molecule has 0 aliphatic rings. The molecular weight excluding hydrogens is 362 g/mol. The summed E-state index contributed by atoms with van der Waals surface area (Å²) in [6, 6.07) is 22.1. The summed E-state index contributed by atoms with van der Waals surface area (Å²) < 4.78 is 0. The summed E-state index contributed by atoms with van der Waals surface area (Å²) in [5, 5.41) is 5.11. The standard InChI is InChI=1S/C29H35N/c1-2-3-4-5-6-7-8-9-10-11-14-23-17-19-28-25(21-23)22-27-26-16-13-12-15-24(26)18-20-29(27)30-28/h12-13,15-22H,2-11,14H2,1H3. The lowest BCUT2D eigenvalue weighted by Crippen LogP contribution is -1.89. The second-order valence-electron chi connectivity index (χ2n) is 8.80. The predicted octanol–water partition coefficient (Wildman–Crippen LogP) is 9.00. The zero-order valence-electron chi connectivity index (χ0n) is 18.5. The van der Waals surface area contributed by atoms with Crippen molar-refractivity contribution in [2.24, 2.45) is 0 Å². The van der Waals surface area contributed by atoms with Gasteiger partial charge in [-0.2, -0.15) is 0 Å². The molecule has 4 rings (SSSR count). The summed E-state index contributed by atoms with van der Waals surface area (Å²) in [6.45, 7) is 2.29. The molecule has 0 unspecified atom stereocenters. The van der Waals surface area contributed by atoms with E-state index in [1.807, 2.05) is 0 Å². The van der Waals surface area contributed by atoms with Crippen LogP contribution in [0.4, 0.5) is 0 Å². The molecule has 30 heavy (non-hydrogen) atoms. The Morgan fingerprint density at radius 3 is 2.07 bits per heavy atom. The van der Waals surface area contributed by atoms with E-state index in [1.54, 1.807) is 0 Å². The highest BCUT2D eigenvalue weighted by atomic mass is 14.7. The van der Waals surface area contributed by atoms with Crippen LogP contribution in [0.2, 0.25) is 0 Å². The molecule has 1 nitrogen and oxygen atoms in total. The minimum absolute atomic E-state index is 1.09. The molecule has 1 aromatic heterocycles. The molecule has 0 bridgehead atoms. The van der Waals surface area contributed by atoms with Crippen molar-refractivity contribution in [1.29, 1.82) is 0 Å². The maximum Gasteiger partial charge on any atom is 0.0716 e. The largest absolute Gasteiger partial charge is 0.248 e. The van der Waals surface area contributed by atoms with Gasteiger partial charge in [0.05, 0.1) is 11.0 Å². The van der Waals surface area contributed by atoms with E-state index in [0.717, 1.165) is 11.0 Å². The zero-order chi connectivity index (χ0) is 20.6. The first-order chi connectivity index (χ1) is 14.8. The van der Waals surface area contributed by atoms with Crippen molar-refractivity contribution in [3.8, 4) is 0 Å². The molecule has 4 aromatic rings. The monoisotopic (exact) mass is 397 g/mol. The highest BCUT2D eigenvalue weighted by Crippen LogP contribution is 2.28. The third-order valence-electron chi connectivity index (χ3n) is 6.40. The molecule has 0 spiro atoms. The van der Waals surface area contributed by atoms with Crippen molar-refractivity contribution in [1.82, 2.24) is 4.98 Å². The average Bonchev–Trinajstić information content (AvgIpc) is 2.79. The van der Waals surface area contributed by atoms with Gasteiger partial charge in [0.2, 0.25) is 0 Å². The Balaban J connectivity index is 1.34. The van der Waals surface area contributed by atoms with Crippen LogP contribution in [0, 0.1) is 0 Å². The summed E-state index contributed by atoms with van der Waals surface area (Å²) in [6.07, 6.45) is 15.1. The van der Waals surface area contributed by atoms with Gasteiger partial charge in [0.15, 0.2) is 0 Å². The van der Waals surface area contributed by atoms with Crippen LogP contribution >= 0.6 is 0 Å². The first-order valence-corrected chi connectivity index (χ1v) is 12.1. The molecule has 0 aliphatic heterocycles. The van der Waals surface area contributed by atoms with Crippen molar-refractivity contribution in [3.63, 3.8) is 0 Å². The molecule has 0 fully saturated rings. The smallest absolute Gasteiger partial charge is 0.0716 e. The molecule has 1 heteroatoms. The number of pyridine rings is 1. The topological polar surface area (TPSA) is 12.9 Å². The van der Waals surface area contributed by atoms with Crippen LogP contribution in [-0.2, 0) is 6.42 Å². The van der Waals surface area contributed by atoms with Crippen LogP contribution in [0.5, 0.6) is 0 Å². The highest BCUT2D eigenvalue weighted by molar-refractivity contribution is 6.09. The lowest BCUT2D eigenvalue weighted by atomic mass is 10.0. The van der Waals surface area contributed by atoms with Crippen LogP contribution in [0.3, 0.4) is 0 Å². The maximum absolute atomic E-state index is 4.93. The highest BCUT2D eigenvalue weighted by Gasteiger charge is 2.05. The van der Waals surface area contributed by atoms with Gasteiger partial charge in [-0.05, 0) is 53.4 Å². The van der Waals surface area contributed by atoms with Crippen LogP contribution in [0.25, 0.3) is 32.6 Å². The van der Waals surface area contributed by atoms with E-state index in [0.29, 0.717) is 0 Å². The molecule has 1 heterocycles. The second-order valence-corrected chi connectivity index (χ2v) is 8.80. The van der Waals surface area contributed by atoms with Crippen molar-refractivity contribution in [2.75, 3.05) is 0 Å². The van der Waals surface area contributed by atoms with Crippen LogP contribution < -0.4 is 0 Å². The number of aryl methyl sites for hydroxylation is 1. The number of hydrogen-bond acceptors (Lipinski definition) is 1. The summed E-state index contributed by atoms with van der Waals surface area (Å²) in [5.41, 5.74) is 3.64. The van der Waals surface area contributed by atoms with Gasteiger partial charge in [0, 0.05) is 10.8 Å². The van der Waals surface area contributed by atoms with Crippen molar-refractivity contribution in [3.05, 3.63) is 66.2 Å². The Hall–Kier alpha value is -2.41. The van der Waals surface area contributed by atoms with Crippen LogP contribution in [0.1, 0.15) is 76.7 Å². The number of aromatic nitrogens is 1. The Morgan fingerprint density at radius 1 is 0.567 bits per heavy atom. The van der Waals surface area contributed by atoms with E-state index in [9.17, 15) is 0 Å². The third kappa shape index (κ3) is 5.19. The Morgan fingerprint density at radius 2 is 1.27 bits per heavy atom. The lowest BCUT2D eigenvalue weighted by Gasteiger charge is -2.08. The normalized spacial score (nSPS) is 11.6. The predicted molar refractivity (Wildman–Crippen MR) is 132 cm³/mol. The van der Waals surface area contributed by atoms with Gasteiger partial charge in [0.25, 0.3) is 0 Å². The van der Waals surface area contributed by atoms with Crippen LogP contribution in [0.15, 0.2) is 60.7 Å². The number of rotatable bonds is 11. The summed E-state index contributed by atoms with van der Waals surface area (Å²) in [4.78, 5) is 4.93. The van der Waals surface area contributed by atoms with Gasteiger partial charge < -0.3 is 0 Å². The molecular formula is C29H35N. The van der Waals surface area contributed by atoms with E-state index in [1.165, 1.54) is 97.7 Å². The van der Waals surface area contributed by atoms with E-state index in [4.69, 9.17) is 4.98 Å². The zero-order valence-corrected chi connectivity index (χ0v) is 18.5. The fourth-order valence-electron chi connectivity index (χ4n) is 4.61. The maximum atomic E-state index is 4.93. The van der Waals surface area contributed by atoms with Crippen molar-refractivity contribution < 1.29 is 0 Å². The SMILES string of the molecule is CCCCCCCCCCCCc1ccc2nc3ccc4ccccc4c3cc2c1. The van der Waals surface area contributed by atoms with E-state index >= 15 is 0 Å². The number of unbranched alkanes of at least 4 members (excludes halogenated alkanes) is 9. The van der Waals surface area contributed by atoms with E-state index < -0.39 is 0 Å². The minimum atomic E-state index is 1.09. The van der Waals surface area contributed by atoms with Gasteiger partial charge in [-0.15, -0.1) is 0 Å². The molecule has 0 atom stereocenters.